The molecule has 19 heavy (non-hydrogen) atoms. The lowest BCUT2D eigenvalue weighted by Crippen LogP contribution is -2.05. The lowest BCUT2D eigenvalue weighted by atomic mass is 10.4. The van der Waals surface area contributed by atoms with Crippen LogP contribution in [0.3, 0.4) is 0 Å². The number of ether oxygens (including phenoxy) is 1. The third-order valence-electron chi connectivity index (χ3n) is 2.23. The first-order valence-electron chi connectivity index (χ1n) is 5.32. The van der Waals surface area contributed by atoms with E-state index in [2.05, 4.69) is 20.4 Å². The van der Waals surface area contributed by atoms with Crippen LogP contribution >= 0.6 is 0 Å². The average Bonchev–Trinajstić information content (AvgIpc) is 2.81. The van der Waals surface area contributed by atoms with Crippen LogP contribution in [0.1, 0.15) is 11.7 Å². The van der Waals surface area contributed by atoms with Crippen LogP contribution in [-0.2, 0) is 6.54 Å². The number of hydrogen-bond donors (Lipinski definition) is 1. The molecule has 9 nitrogen and oxygen atoms in total. The monoisotopic (exact) mass is 265 g/mol. The van der Waals surface area contributed by atoms with Crippen molar-refractivity contribution in [3.8, 4) is 5.88 Å². The van der Waals surface area contributed by atoms with Crippen molar-refractivity contribution in [3.05, 3.63) is 34.0 Å². The van der Waals surface area contributed by atoms with Crippen molar-refractivity contribution in [2.45, 2.75) is 13.5 Å². The molecule has 0 aliphatic rings. The molecular formula is C10H11N5O4. The molecule has 0 saturated heterocycles. The van der Waals surface area contributed by atoms with Crippen LogP contribution in [0, 0.1) is 17.0 Å². The van der Waals surface area contributed by atoms with E-state index in [9.17, 15) is 10.1 Å². The molecule has 100 valence electrons. The van der Waals surface area contributed by atoms with Crippen LogP contribution in [0.15, 0.2) is 16.7 Å². The van der Waals surface area contributed by atoms with Crippen molar-refractivity contribution in [2.75, 3.05) is 12.4 Å². The highest BCUT2D eigenvalue weighted by Gasteiger charge is 2.17. The van der Waals surface area contributed by atoms with E-state index in [0.29, 0.717) is 11.7 Å². The summed E-state index contributed by atoms with van der Waals surface area (Å²) >= 11 is 0. The first-order chi connectivity index (χ1) is 9.10. The number of hydrogen-bond acceptors (Lipinski definition) is 8. The molecule has 0 saturated carbocycles. The second-order valence-corrected chi connectivity index (χ2v) is 3.57. The van der Waals surface area contributed by atoms with Gasteiger partial charge in [-0.25, -0.2) is 0 Å². The molecule has 0 unspecified atom stereocenters. The first kappa shape index (κ1) is 12.7. The van der Waals surface area contributed by atoms with Gasteiger partial charge in [0, 0.05) is 12.1 Å². The van der Waals surface area contributed by atoms with Gasteiger partial charge in [-0.05, 0) is 6.92 Å². The van der Waals surface area contributed by atoms with Gasteiger partial charge in [-0.1, -0.05) is 5.16 Å². The van der Waals surface area contributed by atoms with Gasteiger partial charge in [-0.15, -0.1) is 0 Å². The standard InChI is InChI=1S/C10H11N5O4/c1-6-12-9(19-14-6)5-11-10-7(15(16)17)3-4-8(13-10)18-2/h3-4H,5H2,1-2H3,(H,11,13). The van der Waals surface area contributed by atoms with E-state index < -0.39 is 4.92 Å². The number of methoxy groups -OCH3 is 1. The summed E-state index contributed by atoms with van der Waals surface area (Å²) in [5, 5.41) is 17.3. The van der Waals surface area contributed by atoms with E-state index in [0.717, 1.165) is 0 Å². The Bertz CT molecular complexity index is 597. The zero-order valence-electron chi connectivity index (χ0n) is 10.3. The Balaban J connectivity index is 2.19. The number of pyridine rings is 1. The fourth-order valence-corrected chi connectivity index (χ4v) is 1.40. The van der Waals surface area contributed by atoms with Gasteiger partial charge in [-0.2, -0.15) is 9.97 Å². The number of nitro groups is 1. The Morgan fingerprint density at radius 2 is 2.26 bits per heavy atom. The molecule has 0 aliphatic carbocycles. The molecule has 0 amide bonds. The summed E-state index contributed by atoms with van der Waals surface area (Å²) in [7, 11) is 1.43. The van der Waals surface area contributed by atoms with Crippen LogP contribution in [0.25, 0.3) is 0 Å². The molecule has 0 bridgehead atoms. The Morgan fingerprint density at radius 1 is 1.47 bits per heavy atom. The van der Waals surface area contributed by atoms with E-state index in [4.69, 9.17) is 9.26 Å². The van der Waals surface area contributed by atoms with E-state index in [1.165, 1.54) is 19.2 Å². The van der Waals surface area contributed by atoms with Crippen LogP contribution in [0.5, 0.6) is 5.88 Å². The number of nitrogens with one attached hydrogen (secondary N) is 1. The van der Waals surface area contributed by atoms with E-state index in [1.54, 1.807) is 6.92 Å². The van der Waals surface area contributed by atoms with Crippen molar-refractivity contribution in [3.63, 3.8) is 0 Å². The van der Waals surface area contributed by atoms with Crippen LogP contribution in [0.2, 0.25) is 0 Å². The molecule has 2 aromatic heterocycles. The molecule has 2 aromatic rings. The highest BCUT2D eigenvalue weighted by Crippen LogP contribution is 2.25. The number of aryl methyl sites for hydroxylation is 1. The van der Waals surface area contributed by atoms with Gasteiger partial charge >= 0.3 is 5.69 Å². The smallest absolute Gasteiger partial charge is 0.311 e. The van der Waals surface area contributed by atoms with Crippen molar-refractivity contribution < 1.29 is 14.2 Å². The number of aromatic nitrogens is 3. The maximum Gasteiger partial charge on any atom is 0.311 e. The van der Waals surface area contributed by atoms with E-state index in [1.807, 2.05) is 0 Å². The predicted molar refractivity (Wildman–Crippen MR) is 63.8 cm³/mol. The Kier molecular flexibility index (Phi) is 3.55. The first-order valence-corrected chi connectivity index (χ1v) is 5.32. The Labute approximate surface area is 107 Å². The zero-order valence-corrected chi connectivity index (χ0v) is 10.3. The molecule has 9 heteroatoms. The molecule has 1 N–H and O–H groups in total. The Morgan fingerprint density at radius 3 is 2.84 bits per heavy atom. The molecule has 0 radical (unpaired) electrons. The summed E-state index contributed by atoms with van der Waals surface area (Å²) in [6, 6.07) is 2.73. The lowest BCUT2D eigenvalue weighted by molar-refractivity contribution is -0.384. The summed E-state index contributed by atoms with van der Waals surface area (Å²) in [4.78, 5) is 18.3. The largest absolute Gasteiger partial charge is 0.481 e. The summed E-state index contributed by atoms with van der Waals surface area (Å²) in [5.74, 6) is 1.16. The van der Waals surface area contributed by atoms with Gasteiger partial charge < -0.3 is 14.6 Å². The Hall–Kier alpha value is -2.71. The number of anilines is 1. The van der Waals surface area contributed by atoms with E-state index >= 15 is 0 Å². The quantitative estimate of drug-likeness (QED) is 0.635. The highest BCUT2D eigenvalue weighted by atomic mass is 16.6. The van der Waals surface area contributed by atoms with Crippen molar-refractivity contribution in [1.82, 2.24) is 15.1 Å². The van der Waals surface area contributed by atoms with Gasteiger partial charge in [0.1, 0.15) is 0 Å². The molecule has 0 fully saturated rings. The topological polar surface area (TPSA) is 116 Å². The highest BCUT2D eigenvalue weighted by molar-refractivity contribution is 5.56. The van der Waals surface area contributed by atoms with Crippen LogP contribution in [0.4, 0.5) is 11.5 Å². The molecule has 0 aliphatic heterocycles. The van der Waals surface area contributed by atoms with Crippen molar-refractivity contribution in [2.24, 2.45) is 0 Å². The van der Waals surface area contributed by atoms with Crippen molar-refractivity contribution >= 4 is 11.5 Å². The fourth-order valence-electron chi connectivity index (χ4n) is 1.40. The third-order valence-corrected chi connectivity index (χ3v) is 2.23. The van der Waals surface area contributed by atoms with Crippen LogP contribution in [-0.4, -0.2) is 27.2 Å². The minimum atomic E-state index is -0.534. The minimum absolute atomic E-state index is 0.0835. The fraction of sp³-hybridized carbons (Fsp3) is 0.300. The van der Waals surface area contributed by atoms with Crippen LogP contribution < -0.4 is 10.1 Å². The summed E-state index contributed by atoms with van der Waals surface area (Å²) in [6.07, 6.45) is 0. The maximum atomic E-state index is 10.9. The normalized spacial score (nSPS) is 10.2. The van der Waals surface area contributed by atoms with Crippen molar-refractivity contribution in [1.29, 1.82) is 0 Å². The zero-order chi connectivity index (χ0) is 13.8. The second kappa shape index (κ2) is 5.29. The maximum absolute atomic E-state index is 10.9. The van der Waals surface area contributed by atoms with Gasteiger partial charge in [0.2, 0.25) is 17.6 Å². The second-order valence-electron chi connectivity index (χ2n) is 3.57. The third kappa shape index (κ3) is 2.94. The number of nitrogens with zero attached hydrogens (tertiary/aromatic N) is 4. The minimum Gasteiger partial charge on any atom is -0.481 e. The molecular weight excluding hydrogens is 254 g/mol. The van der Waals surface area contributed by atoms with Gasteiger partial charge in [-0.3, -0.25) is 10.1 Å². The molecule has 2 heterocycles. The van der Waals surface area contributed by atoms with Gasteiger partial charge in [0.15, 0.2) is 5.82 Å². The van der Waals surface area contributed by atoms with Gasteiger partial charge in [0.25, 0.3) is 0 Å². The molecule has 0 spiro atoms. The summed E-state index contributed by atoms with van der Waals surface area (Å²) in [5.41, 5.74) is -0.156. The molecule has 2 rings (SSSR count). The SMILES string of the molecule is COc1ccc([N+](=O)[O-])c(NCc2nc(C)no2)n1. The predicted octanol–water partition coefficient (Wildman–Crippen LogP) is 1.30. The molecule has 0 atom stereocenters. The van der Waals surface area contributed by atoms with E-state index in [-0.39, 0.29) is 23.9 Å². The summed E-state index contributed by atoms with van der Waals surface area (Å²) < 4.78 is 9.81. The summed E-state index contributed by atoms with van der Waals surface area (Å²) in [6.45, 7) is 1.82. The lowest BCUT2D eigenvalue weighted by Gasteiger charge is -2.05. The molecule has 0 aromatic carbocycles. The number of rotatable bonds is 5. The van der Waals surface area contributed by atoms with Gasteiger partial charge in [0.05, 0.1) is 18.6 Å². The average molecular weight is 265 g/mol.